The number of ether oxygens (including phenoxy) is 1. The molecule has 0 amide bonds. The van der Waals surface area contributed by atoms with Crippen LogP contribution in [0.5, 0.6) is 0 Å². The van der Waals surface area contributed by atoms with Gasteiger partial charge in [-0.1, -0.05) is 5.16 Å². The van der Waals surface area contributed by atoms with E-state index in [1.807, 2.05) is 0 Å². The molecule has 2 aromatic heterocycles. The third-order valence-corrected chi connectivity index (χ3v) is 3.68. The number of hydrogen-bond acceptors (Lipinski definition) is 9. The van der Waals surface area contributed by atoms with Gasteiger partial charge in [0, 0.05) is 33.1 Å². The first kappa shape index (κ1) is 15.3. The van der Waals surface area contributed by atoms with E-state index in [-0.39, 0.29) is 5.69 Å². The molecule has 122 valence electrons. The second kappa shape index (κ2) is 6.69. The minimum atomic E-state index is -0.482. The number of piperazine rings is 1. The number of methoxy groups -OCH3 is 1. The highest BCUT2D eigenvalue weighted by Gasteiger charge is 2.20. The molecule has 3 rings (SSSR count). The molecule has 9 nitrogen and oxygen atoms in total. The van der Waals surface area contributed by atoms with E-state index in [9.17, 15) is 4.79 Å². The lowest BCUT2D eigenvalue weighted by Crippen LogP contribution is -2.46. The molecule has 1 aliphatic rings. The first-order valence-electron chi connectivity index (χ1n) is 7.34. The fourth-order valence-electron chi connectivity index (χ4n) is 2.45. The monoisotopic (exact) mass is 318 g/mol. The van der Waals surface area contributed by atoms with Gasteiger partial charge in [-0.05, 0) is 12.1 Å². The van der Waals surface area contributed by atoms with E-state index in [1.54, 1.807) is 19.1 Å². The van der Waals surface area contributed by atoms with Crippen molar-refractivity contribution in [2.24, 2.45) is 0 Å². The third-order valence-electron chi connectivity index (χ3n) is 3.68. The predicted molar refractivity (Wildman–Crippen MR) is 79.9 cm³/mol. The molecule has 1 aliphatic heterocycles. The molecular weight excluding hydrogens is 300 g/mol. The van der Waals surface area contributed by atoms with Crippen molar-refractivity contribution in [1.29, 1.82) is 0 Å². The minimum Gasteiger partial charge on any atom is -0.464 e. The molecule has 0 radical (unpaired) electrons. The first-order chi connectivity index (χ1) is 11.2. The Balaban J connectivity index is 1.55. The summed E-state index contributed by atoms with van der Waals surface area (Å²) in [7, 11) is 1.32. The van der Waals surface area contributed by atoms with E-state index < -0.39 is 5.97 Å². The molecule has 0 saturated carbocycles. The van der Waals surface area contributed by atoms with Crippen LogP contribution in [0.25, 0.3) is 0 Å². The standard InChI is InChI=1S/C14H18N6O3/c1-10-15-12(18-23-10)9-19-5-7-20(8-6-19)13-4-3-11(16-17-13)14(21)22-2/h3-4H,5-9H2,1-2H3. The molecule has 0 aliphatic carbocycles. The van der Waals surface area contributed by atoms with Crippen LogP contribution in [0.1, 0.15) is 22.2 Å². The van der Waals surface area contributed by atoms with Crippen molar-refractivity contribution in [1.82, 2.24) is 25.2 Å². The van der Waals surface area contributed by atoms with Crippen LogP contribution in [-0.4, -0.2) is 64.5 Å². The maximum Gasteiger partial charge on any atom is 0.358 e. The molecule has 0 atom stereocenters. The van der Waals surface area contributed by atoms with Crippen LogP contribution in [-0.2, 0) is 11.3 Å². The van der Waals surface area contributed by atoms with Crippen molar-refractivity contribution in [2.75, 3.05) is 38.2 Å². The largest absolute Gasteiger partial charge is 0.464 e. The summed E-state index contributed by atoms with van der Waals surface area (Å²) >= 11 is 0. The molecule has 23 heavy (non-hydrogen) atoms. The van der Waals surface area contributed by atoms with Gasteiger partial charge in [-0.3, -0.25) is 4.90 Å². The number of nitrogens with zero attached hydrogens (tertiary/aromatic N) is 6. The summed E-state index contributed by atoms with van der Waals surface area (Å²) in [6.45, 7) is 5.84. The zero-order valence-electron chi connectivity index (χ0n) is 13.1. The van der Waals surface area contributed by atoms with E-state index >= 15 is 0 Å². The SMILES string of the molecule is COC(=O)c1ccc(N2CCN(Cc3noc(C)n3)CC2)nn1. The van der Waals surface area contributed by atoms with Gasteiger partial charge in [0.1, 0.15) is 0 Å². The minimum absolute atomic E-state index is 0.211. The predicted octanol–water partition coefficient (Wildman–Crippen LogP) is 0.277. The van der Waals surface area contributed by atoms with E-state index in [1.165, 1.54) is 7.11 Å². The molecular formula is C14H18N6O3. The van der Waals surface area contributed by atoms with Crippen molar-refractivity contribution in [3.8, 4) is 0 Å². The zero-order valence-corrected chi connectivity index (χ0v) is 13.1. The Morgan fingerprint density at radius 2 is 2.04 bits per heavy atom. The molecule has 3 heterocycles. The fraction of sp³-hybridized carbons (Fsp3) is 0.500. The number of esters is 1. The summed E-state index contributed by atoms with van der Waals surface area (Å²) in [4.78, 5) is 20.0. The van der Waals surface area contributed by atoms with Crippen LogP contribution in [0.15, 0.2) is 16.7 Å². The average molecular weight is 318 g/mol. The number of rotatable bonds is 4. The van der Waals surface area contributed by atoms with Crippen LogP contribution < -0.4 is 4.90 Å². The van der Waals surface area contributed by atoms with E-state index in [0.29, 0.717) is 18.3 Å². The summed E-state index contributed by atoms with van der Waals surface area (Å²) in [5, 5.41) is 11.9. The first-order valence-corrected chi connectivity index (χ1v) is 7.34. The normalized spacial score (nSPS) is 15.7. The molecule has 9 heteroatoms. The van der Waals surface area contributed by atoms with Gasteiger partial charge < -0.3 is 14.2 Å². The van der Waals surface area contributed by atoms with Gasteiger partial charge in [0.05, 0.1) is 13.7 Å². The quantitative estimate of drug-likeness (QED) is 0.736. The Bertz CT molecular complexity index is 663. The van der Waals surface area contributed by atoms with E-state index in [2.05, 4.69) is 34.9 Å². The number of carbonyl (C=O) groups is 1. The highest BCUT2D eigenvalue weighted by Crippen LogP contribution is 2.14. The summed E-state index contributed by atoms with van der Waals surface area (Å²) in [6.07, 6.45) is 0. The van der Waals surface area contributed by atoms with Crippen LogP contribution in [0.2, 0.25) is 0 Å². The van der Waals surface area contributed by atoms with Crippen LogP contribution in [0, 0.1) is 6.92 Å². The highest BCUT2D eigenvalue weighted by molar-refractivity contribution is 5.86. The maximum atomic E-state index is 11.4. The van der Waals surface area contributed by atoms with Gasteiger partial charge in [0.2, 0.25) is 5.89 Å². The second-order valence-corrected chi connectivity index (χ2v) is 5.26. The number of hydrogen-bond donors (Lipinski definition) is 0. The summed E-state index contributed by atoms with van der Waals surface area (Å²) in [6, 6.07) is 3.42. The molecule has 1 saturated heterocycles. The van der Waals surface area contributed by atoms with Crippen LogP contribution in [0.3, 0.4) is 0 Å². The van der Waals surface area contributed by atoms with Gasteiger partial charge >= 0.3 is 5.97 Å². The highest BCUT2D eigenvalue weighted by atomic mass is 16.5. The summed E-state index contributed by atoms with van der Waals surface area (Å²) in [5.41, 5.74) is 0.211. The van der Waals surface area contributed by atoms with Crippen molar-refractivity contribution in [3.63, 3.8) is 0 Å². The lowest BCUT2D eigenvalue weighted by atomic mass is 10.3. The Labute approximate surface area is 133 Å². The Kier molecular flexibility index (Phi) is 4.47. The van der Waals surface area contributed by atoms with Crippen LogP contribution >= 0.6 is 0 Å². The maximum absolute atomic E-state index is 11.4. The zero-order chi connectivity index (χ0) is 16.2. The molecule has 0 spiro atoms. The molecule has 0 N–H and O–H groups in total. The summed E-state index contributed by atoms with van der Waals surface area (Å²) < 4.78 is 9.59. The van der Waals surface area contributed by atoms with Crippen molar-refractivity contribution >= 4 is 11.8 Å². The lowest BCUT2D eigenvalue weighted by Gasteiger charge is -2.34. The van der Waals surface area contributed by atoms with Gasteiger partial charge in [-0.2, -0.15) is 4.98 Å². The van der Waals surface area contributed by atoms with Gasteiger partial charge in [-0.15, -0.1) is 10.2 Å². The van der Waals surface area contributed by atoms with Crippen molar-refractivity contribution < 1.29 is 14.1 Å². The molecule has 0 aromatic carbocycles. The topological polar surface area (TPSA) is 97.5 Å². The van der Waals surface area contributed by atoms with Gasteiger partial charge in [0.15, 0.2) is 17.3 Å². The average Bonchev–Trinajstić information content (AvgIpc) is 3.00. The van der Waals surface area contributed by atoms with Gasteiger partial charge in [0.25, 0.3) is 0 Å². The lowest BCUT2D eigenvalue weighted by molar-refractivity contribution is 0.0592. The third kappa shape index (κ3) is 3.62. The number of aromatic nitrogens is 4. The Morgan fingerprint density at radius 3 is 2.61 bits per heavy atom. The molecule has 0 bridgehead atoms. The Morgan fingerprint density at radius 1 is 1.26 bits per heavy atom. The smallest absolute Gasteiger partial charge is 0.358 e. The number of aryl methyl sites for hydroxylation is 1. The fourth-order valence-corrected chi connectivity index (χ4v) is 2.45. The molecule has 1 fully saturated rings. The molecule has 2 aromatic rings. The van der Waals surface area contributed by atoms with E-state index in [4.69, 9.17) is 4.52 Å². The summed E-state index contributed by atoms with van der Waals surface area (Å²) in [5.74, 6) is 1.56. The van der Waals surface area contributed by atoms with E-state index in [0.717, 1.165) is 32.0 Å². The number of anilines is 1. The molecule has 0 unspecified atom stereocenters. The van der Waals surface area contributed by atoms with Gasteiger partial charge in [-0.25, -0.2) is 4.79 Å². The van der Waals surface area contributed by atoms with Crippen molar-refractivity contribution in [3.05, 3.63) is 29.5 Å². The Hall–Kier alpha value is -2.55. The number of carbonyl (C=O) groups excluding carboxylic acids is 1. The van der Waals surface area contributed by atoms with Crippen LogP contribution in [0.4, 0.5) is 5.82 Å². The second-order valence-electron chi connectivity index (χ2n) is 5.26. The van der Waals surface area contributed by atoms with Crippen molar-refractivity contribution in [2.45, 2.75) is 13.5 Å².